The maximum absolute atomic E-state index is 13.0. The molecule has 2 fully saturated rings. The number of hydrogen-bond acceptors (Lipinski definition) is 8. The molecule has 1 aliphatic carbocycles. The largest absolute Gasteiger partial charge is 0.506 e. The average Bonchev–Trinajstić information content (AvgIpc) is 3.66. The van der Waals surface area contributed by atoms with Crippen molar-refractivity contribution in [1.29, 1.82) is 0 Å². The average molecular weight is 550 g/mol. The predicted octanol–water partition coefficient (Wildman–Crippen LogP) is 3.57. The second-order valence-electron chi connectivity index (χ2n) is 9.44. The highest BCUT2D eigenvalue weighted by Gasteiger charge is 2.41. The highest BCUT2D eigenvalue weighted by Crippen LogP contribution is 2.42. The summed E-state index contributed by atoms with van der Waals surface area (Å²) in [5.41, 5.74) is 0.185. The highest BCUT2D eigenvalue weighted by atomic mass is 32.2. The topological polar surface area (TPSA) is 79.1 Å². The molecule has 0 radical (unpaired) electrons. The van der Waals surface area contributed by atoms with E-state index in [-0.39, 0.29) is 29.1 Å². The number of aliphatic hydroxyl groups excluding tert-OH is 1. The molecule has 0 unspecified atom stereocenters. The maximum Gasteiger partial charge on any atom is 0.239 e. The van der Waals surface area contributed by atoms with Crippen molar-refractivity contribution in [3.05, 3.63) is 45.4 Å². The van der Waals surface area contributed by atoms with E-state index in [1.54, 1.807) is 0 Å². The van der Waals surface area contributed by atoms with Crippen LogP contribution in [0.4, 0.5) is 5.00 Å². The minimum Gasteiger partial charge on any atom is -0.506 e. The number of carbonyl (C=O) groups excluding carboxylic acids is 2. The van der Waals surface area contributed by atoms with Crippen molar-refractivity contribution in [2.24, 2.45) is 0 Å². The third-order valence-electron chi connectivity index (χ3n) is 7.12. The molecular weight excluding hydrogens is 520 g/mol. The van der Waals surface area contributed by atoms with Crippen molar-refractivity contribution in [3.8, 4) is 24.7 Å². The van der Waals surface area contributed by atoms with Crippen molar-refractivity contribution >= 4 is 50.3 Å². The number of thiophene rings is 1. The number of Topliss-reactive ketones (excluding diaryl/α,β-unsaturated/α-hetero) is 2. The Morgan fingerprint density at radius 2 is 1.58 bits per heavy atom. The summed E-state index contributed by atoms with van der Waals surface area (Å²) in [7, 11) is 0. The van der Waals surface area contributed by atoms with Gasteiger partial charge in [0, 0.05) is 41.8 Å². The molecule has 9 heteroatoms. The first kappa shape index (κ1) is 26.5. The van der Waals surface area contributed by atoms with Crippen molar-refractivity contribution < 1.29 is 28.7 Å². The molecule has 5 rings (SSSR count). The van der Waals surface area contributed by atoms with Crippen molar-refractivity contribution in [3.63, 3.8) is 0 Å². The van der Waals surface area contributed by atoms with E-state index in [4.69, 9.17) is 22.3 Å². The van der Waals surface area contributed by atoms with E-state index in [0.29, 0.717) is 23.0 Å². The van der Waals surface area contributed by atoms with Crippen LogP contribution in [0.15, 0.2) is 40.5 Å². The highest BCUT2D eigenvalue weighted by molar-refractivity contribution is 8.18. The molecule has 0 atom stereocenters. The normalized spacial score (nSPS) is 24.5. The van der Waals surface area contributed by atoms with Gasteiger partial charge in [0.05, 0.1) is 28.4 Å². The third kappa shape index (κ3) is 5.39. The first-order chi connectivity index (χ1) is 18.5. The lowest BCUT2D eigenvalue weighted by atomic mass is 10.1. The Morgan fingerprint density at radius 3 is 2.24 bits per heavy atom. The molecule has 0 amide bonds. The van der Waals surface area contributed by atoms with Crippen LogP contribution in [0.25, 0.3) is 5.57 Å². The monoisotopic (exact) mass is 549 g/mol. The Balaban J connectivity index is 1.30. The molecule has 38 heavy (non-hydrogen) atoms. The van der Waals surface area contributed by atoms with Crippen molar-refractivity contribution in [2.75, 3.05) is 44.3 Å². The van der Waals surface area contributed by atoms with Crippen LogP contribution in [0.2, 0.25) is 0 Å². The number of allylic oxidation sites excluding steroid dienone is 3. The quantitative estimate of drug-likeness (QED) is 0.252. The molecule has 196 valence electrons. The van der Waals surface area contributed by atoms with Gasteiger partial charge in [-0.05, 0) is 42.8 Å². The summed E-state index contributed by atoms with van der Waals surface area (Å²) in [6.07, 6.45) is 18.1. The van der Waals surface area contributed by atoms with Gasteiger partial charge in [0.1, 0.15) is 32.1 Å². The lowest BCUT2D eigenvalue weighted by Gasteiger charge is -2.32. The predicted molar refractivity (Wildman–Crippen MR) is 150 cm³/mol. The van der Waals surface area contributed by atoms with Gasteiger partial charge in [-0.3, -0.25) is 9.59 Å². The second-order valence-corrected chi connectivity index (χ2v) is 11.6. The van der Waals surface area contributed by atoms with Crippen LogP contribution < -0.4 is 4.90 Å². The Bertz CT molecular complexity index is 1340. The molecule has 1 N–H and O–H groups in total. The Hall–Kier alpha value is -3.08. The van der Waals surface area contributed by atoms with Crippen LogP contribution in [0.3, 0.4) is 0 Å². The van der Waals surface area contributed by atoms with Gasteiger partial charge in [0.15, 0.2) is 0 Å². The molecule has 1 aromatic rings. The number of anilines is 1. The first-order valence-electron chi connectivity index (χ1n) is 12.7. The zero-order valence-electron chi connectivity index (χ0n) is 21.0. The van der Waals surface area contributed by atoms with E-state index in [1.165, 1.54) is 23.1 Å². The number of thioether (sulfide) groups is 1. The molecule has 1 aromatic heterocycles. The standard InChI is InChI=1S/C29H28N2O5S2/c1-3-17-35-19-9-13-30(14-10-19)23-7-5-21(37-23)25-27(32)26(29(34)28(25)33)22-6-8-24(38-22)31-15-11-20(12-16-31)36-18-4-2/h1-2,5-8,19-20H,9-18H2/p+1. The fourth-order valence-electron chi connectivity index (χ4n) is 5.11. The minimum atomic E-state index is -0.659. The molecule has 0 spiro atoms. The van der Waals surface area contributed by atoms with E-state index >= 15 is 0 Å². The van der Waals surface area contributed by atoms with Crippen molar-refractivity contribution in [2.45, 2.75) is 37.9 Å². The van der Waals surface area contributed by atoms with Gasteiger partial charge >= 0.3 is 0 Å². The van der Waals surface area contributed by atoms with Gasteiger partial charge in [-0.1, -0.05) is 11.8 Å². The zero-order chi connectivity index (χ0) is 26.6. The second kappa shape index (κ2) is 11.8. The van der Waals surface area contributed by atoms with Crippen LogP contribution in [0.1, 0.15) is 30.6 Å². The van der Waals surface area contributed by atoms with E-state index in [2.05, 4.69) is 21.3 Å². The van der Waals surface area contributed by atoms with Crippen molar-refractivity contribution in [1.82, 2.24) is 0 Å². The van der Waals surface area contributed by atoms with Gasteiger partial charge in [-0.25, -0.2) is 4.58 Å². The van der Waals surface area contributed by atoms with Crippen LogP contribution in [-0.4, -0.2) is 77.9 Å². The lowest BCUT2D eigenvalue weighted by molar-refractivity contribution is -0.538. The molecule has 0 bridgehead atoms. The number of ether oxygens (including phenoxy) is 2. The third-order valence-corrected chi connectivity index (χ3v) is 9.45. The number of terminal acetylenes is 2. The van der Waals surface area contributed by atoms with E-state index < -0.39 is 11.6 Å². The summed E-state index contributed by atoms with van der Waals surface area (Å²) in [4.78, 5) is 29.4. The number of carbonyl (C=O) groups is 2. The lowest BCUT2D eigenvalue weighted by Crippen LogP contribution is -2.36. The number of aliphatic hydroxyl groups is 1. The summed E-state index contributed by atoms with van der Waals surface area (Å²) in [6.45, 7) is 3.90. The smallest absolute Gasteiger partial charge is 0.239 e. The van der Waals surface area contributed by atoms with Crippen LogP contribution >= 0.6 is 23.1 Å². The number of hydrogen-bond donors (Lipinski definition) is 1. The maximum atomic E-state index is 13.0. The van der Waals surface area contributed by atoms with Gasteiger partial charge in [-0.2, -0.15) is 0 Å². The Labute approximate surface area is 230 Å². The minimum absolute atomic E-state index is 0.0925. The van der Waals surface area contributed by atoms with Gasteiger partial charge < -0.3 is 19.5 Å². The molecule has 3 aliphatic heterocycles. The molecule has 0 aromatic carbocycles. The molecule has 2 saturated heterocycles. The van der Waals surface area contributed by atoms with Crippen LogP contribution in [0, 0.1) is 24.7 Å². The number of ketones is 2. The first-order valence-corrected chi connectivity index (χ1v) is 14.3. The summed E-state index contributed by atoms with van der Waals surface area (Å²) >= 11 is 2.83. The zero-order valence-corrected chi connectivity index (χ0v) is 22.6. The Kier molecular flexibility index (Phi) is 8.21. The fraction of sp³-hybridized carbons (Fsp3) is 0.414. The van der Waals surface area contributed by atoms with E-state index in [1.807, 2.05) is 24.3 Å². The van der Waals surface area contributed by atoms with E-state index in [0.717, 1.165) is 61.9 Å². The van der Waals surface area contributed by atoms with Gasteiger partial charge in [0.25, 0.3) is 0 Å². The molecular formula is C29H29N2O5S2+. The van der Waals surface area contributed by atoms with E-state index in [9.17, 15) is 14.7 Å². The Morgan fingerprint density at radius 1 is 0.947 bits per heavy atom. The summed E-state index contributed by atoms with van der Waals surface area (Å²) in [6, 6.07) is 3.76. The summed E-state index contributed by atoms with van der Waals surface area (Å²) in [5, 5.41) is 13.1. The number of rotatable bonds is 6. The fourth-order valence-corrected chi connectivity index (χ4v) is 7.31. The summed E-state index contributed by atoms with van der Waals surface area (Å²) < 4.78 is 13.5. The van der Waals surface area contributed by atoms with Crippen LogP contribution in [0.5, 0.6) is 0 Å². The SMILES string of the molecule is C#CCOC1CCN(c2ccc(C3=C(O)/C(=C4\C=CC(=[N+]5CCC(OCC#C)CC5)S4)C(=O)C3=O)s2)CC1. The van der Waals surface area contributed by atoms with Gasteiger partial charge in [0.2, 0.25) is 16.6 Å². The van der Waals surface area contributed by atoms with Crippen LogP contribution in [-0.2, 0) is 19.1 Å². The molecule has 4 aliphatic rings. The molecule has 4 heterocycles. The number of nitrogens with zero attached hydrogens (tertiary/aromatic N) is 2. The molecule has 0 saturated carbocycles. The molecule has 7 nitrogen and oxygen atoms in total. The number of piperidine rings is 2. The summed E-state index contributed by atoms with van der Waals surface area (Å²) in [5.74, 6) is 3.47. The van der Waals surface area contributed by atoms with Gasteiger partial charge in [-0.15, -0.1) is 24.2 Å².